The van der Waals surface area contributed by atoms with E-state index in [1.54, 1.807) is 15.6 Å². The second-order valence-electron chi connectivity index (χ2n) is 5.60. The zero-order valence-electron chi connectivity index (χ0n) is 13.0. The maximum absolute atomic E-state index is 12.5. The van der Waals surface area contributed by atoms with Crippen LogP contribution in [0.5, 0.6) is 0 Å². The number of aryl methyl sites for hydroxylation is 2. The van der Waals surface area contributed by atoms with Crippen LogP contribution in [0.2, 0.25) is 0 Å². The maximum atomic E-state index is 12.5. The first-order valence-electron chi connectivity index (χ1n) is 7.41. The Hall–Kier alpha value is -0.470. The number of thiophene rings is 1. The first-order chi connectivity index (χ1) is 9.94. The summed E-state index contributed by atoms with van der Waals surface area (Å²) in [6.45, 7) is 5.82. The number of nitrogens with zero attached hydrogens (tertiary/aromatic N) is 1. The third-order valence-corrected chi connectivity index (χ3v) is 6.73. The molecule has 0 radical (unpaired) electrons. The van der Waals surface area contributed by atoms with Gasteiger partial charge in [0.1, 0.15) is 0 Å². The summed E-state index contributed by atoms with van der Waals surface area (Å²) in [5.41, 5.74) is 1.22. The summed E-state index contributed by atoms with van der Waals surface area (Å²) >= 11 is 1.65. The molecular weight excluding hydrogens is 306 g/mol. The highest BCUT2D eigenvalue weighted by Crippen LogP contribution is 2.22. The molecule has 1 saturated heterocycles. The van der Waals surface area contributed by atoms with Crippen molar-refractivity contribution in [3.05, 3.63) is 21.4 Å². The van der Waals surface area contributed by atoms with Gasteiger partial charge in [-0.15, -0.1) is 11.3 Å². The van der Waals surface area contributed by atoms with Crippen molar-refractivity contribution in [2.75, 3.05) is 20.1 Å². The lowest BCUT2D eigenvalue weighted by Gasteiger charge is -2.34. The Labute approximate surface area is 131 Å². The summed E-state index contributed by atoms with van der Waals surface area (Å²) in [7, 11) is -1.54. The standard InChI is InChI=1S/C14H25N3O2S2/c1-11-8-14(20-12(11)2)10-16-21(18,19)17-7-5-4-6-13(17)9-15-3/h8,13,15-16H,4-7,9-10H2,1-3H3. The third-order valence-electron chi connectivity index (χ3n) is 3.97. The highest BCUT2D eigenvalue weighted by molar-refractivity contribution is 7.87. The molecule has 0 spiro atoms. The minimum absolute atomic E-state index is 0.0630. The Bertz CT molecular complexity index is 547. The van der Waals surface area contributed by atoms with Crippen LogP contribution < -0.4 is 10.0 Å². The van der Waals surface area contributed by atoms with Gasteiger partial charge in [-0.1, -0.05) is 6.42 Å². The predicted octanol–water partition coefficient (Wildman–Crippen LogP) is 1.77. The van der Waals surface area contributed by atoms with Crippen LogP contribution in [0.15, 0.2) is 6.07 Å². The van der Waals surface area contributed by atoms with Crippen LogP contribution in [-0.4, -0.2) is 38.9 Å². The van der Waals surface area contributed by atoms with E-state index in [1.165, 1.54) is 10.4 Å². The Kier molecular flexibility index (Phi) is 5.79. The first kappa shape index (κ1) is 16.9. The van der Waals surface area contributed by atoms with Crippen molar-refractivity contribution in [1.29, 1.82) is 0 Å². The Morgan fingerprint density at radius 1 is 1.38 bits per heavy atom. The van der Waals surface area contributed by atoms with Crippen LogP contribution in [0.25, 0.3) is 0 Å². The molecule has 1 aromatic rings. The highest BCUT2D eigenvalue weighted by atomic mass is 32.2. The second-order valence-corrected chi connectivity index (χ2v) is 8.64. The zero-order valence-corrected chi connectivity index (χ0v) is 14.6. The molecule has 1 atom stereocenters. The molecule has 5 nitrogen and oxygen atoms in total. The molecule has 120 valence electrons. The smallest absolute Gasteiger partial charge is 0.280 e. The van der Waals surface area contributed by atoms with Crippen molar-refractivity contribution in [3.8, 4) is 0 Å². The Morgan fingerprint density at radius 3 is 2.76 bits per heavy atom. The van der Waals surface area contributed by atoms with E-state index < -0.39 is 10.2 Å². The van der Waals surface area contributed by atoms with E-state index in [-0.39, 0.29) is 6.04 Å². The first-order valence-corrected chi connectivity index (χ1v) is 9.66. The molecule has 0 bridgehead atoms. The van der Waals surface area contributed by atoms with E-state index in [9.17, 15) is 8.42 Å². The maximum Gasteiger partial charge on any atom is 0.280 e. The van der Waals surface area contributed by atoms with Crippen LogP contribution in [0.3, 0.4) is 0 Å². The van der Waals surface area contributed by atoms with Gasteiger partial charge in [0.05, 0.1) is 0 Å². The largest absolute Gasteiger partial charge is 0.318 e. The van der Waals surface area contributed by atoms with Crippen molar-refractivity contribution in [2.45, 2.75) is 45.7 Å². The second kappa shape index (κ2) is 7.19. The van der Waals surface area contributed by atoms with Gasteiger partial charge >= 0.3 is 0 Å². The van der Waals surface area contributed by atoms with Crippen molar-refractivity contribution < 1.29 is 8.42 Å². The summed E-state index contributed by atoms with van der Waals surface area (Å²) in [4.78, 5) is 2.31. The summed E-state index contributed by atoms with van der Waals surface area (Å²) in [5, 5.41) is 3.09. The fourth-order valence-electron chi connectivity index (χ4n) is 2.71. The predicted molar refractivity (Wildman–Crippen MR) is 87.8 cm³/mol. The van der Waals surface area contributed by atoms with Crippen LogP contribution >= 0.6 is 11.3 Å². The van der Waals surface area contributed by atoms with Gasteiger partial charge in [-0.2, -0.15) is 17.4 Å². The summed E-state index contributed by atoms with van der Waals surface area (Å²) in [6, 6.07) is 2.12. The summed E-state index contributed by atoms with van der Waals surface area (Å²) < 4.78 is 29.4. The molecule has 1 aliphatic rings. The molecule has 1 aromatic heterocycles. The minimum Gasteiger partial charge on any atom is -0.318 e. The molecule has 0 saturated carbocycles. The molecule has 2 rings (SSSR count). The van der Waals surface area contributed by atoms with E-state index in [4.69, 9.17) is 0 Å². The summed E-state index contributed by atoms with van der Waals surface area (Å²) in [5.74, 6) is 0. The van der Waals surface area contributed by atoms with Gasteiger partial charge in [-0.05, 0) is 45.4 Å². The van der Waals surface area contributed by atoms with Crippen LogP contribution in [0.1, 0.15) is 34.6 Å². The van der Waals surface area contributed by atoms with Crippen molar-refractivity contribution in [1.82, 2.24) is 14.3 Å². The number of rotatable bonds is 6. The Balaban J connectivity index is 2.02. The average Bonchev–Trinajstić information content (AvgIpc) is 2.77. The van der Waals surface area contributed by atoms with Crippen LogP contribution in [0, 0.1) is 13.8 Å². The zero-order chi connectivity index (χ0) is 15.5. The number of hydrogen-bond acceptors (Lipinski definition) is 4. The monoisotopic (exact) mass is 331 g/mol. The molecule has 0 aromatic carbocycles. The van der Waals surface area contributed by atoms with Crippen LogP contribution in [0.4, 0.5) is 0 Å². The van der Waals surface area contributed by atoms with Crippen LogP contribution in [-0.2, 0) is 16.8 Å². The van der Waals surface area contributed by atoms with Crippen molar-refractivity contribution >= 4 is 21.5 Å². The highest BCUT2D eigenvalue weighted by Gasteiger charge is 2.31. The van der Waals surface area contributed by atoms with E-state index in [1.807, 2.05) is 7.05 Å². The van der Waals surface area contributed by atoms with Gasteiger partial charge in [0.2, 0.25) is 0 Å². The van der Waals surface area contributed by atoms with E-state index in [2.05, 4.69) is 30.0 Å². The van der Waals surface area contributed by atoms with Gasteiger partial charge < -0.3 is 5.32 Å². The fourth-order valence-corrected chi connectivity index (χ4v) is 5.24. The van der Waals surface area contributed by atoms with E-state index >= 15 is 0 Å². The number of piperidine rings is 1. The van der Waals surface area contributed by atoms with E-state index in [0.717, 1.165) is 24.1 Å². The quantitative estimate of drug-likeness (QED) is 0.835. The molecule has 0 aliphatic carbocycles. The lowest BCUT2D eigenvalue weighted by atomic mass is 10.1. The molecule has 0 amide bonds. The van der Waals surface area contributed by atoms with Gasteiger partial charge in [0.25, 0.3) is 10.2 Å². The molecule has 7 heteroatoms. The summed E-state index contributed by atoms with van der Waals surface area (Å²) in [6.07, 6.45) is 2.97. The lowest BCUT2D eigenvalue weighted by molar-refractivity contribution is 0.246. The molecule has 1 aliphatic heterocycles. The van der Waals surface area contributed by atoms with E-state index in [0.29, 0.717) is 19.6 Å². The minimum atomic E-state index is -3.41. The molecule has 21 heavy (non-hydrogen) atoms. The van der Waals surface area contributed by atoms with Crippen molar-refractivity contribution in [2.24, 2.45) is 0 Å². The lowest BCUT2D eigenvalue weighted by Crippen LogP contribution is -2.51. The average molecular weight is 332 g/mol. The van der Waals surface area contributed by atoms with Gasteiger partial charge in [0.15, 0.2) is 0 Å². The SMILES string of the molecule is CNCC1CCCCN1S(=O)(=O)NCc1cc(C)c(C)s1. The number of hydrogen-bond donors (Lipinski definition) is 2. The van der Waals surface area contributed by atoms with Crippen molar-refractivity contribution in [3.63, 3.8) is 0 Å². The van der Waals surface area contributed by atoms with Gasteiger partial charge in [-0.3, -0.25) is 0 Å². The molecule has 2 N–H and O–H groups in total. The third kappa shape index (κ3) is 4.26. The molecule has 2 heterocycles. The molecule has 1 fully saturated rings. The van der Waals surface area contributed by atoms with Gasteiger partial charge in [-0.25, -0.2) is 0 Å². The fraction of sp³-hybridized carbons (Fsp3) is 0.714. The molecule has 1 unspecified atom stereocenters. The van der Waals surface area contributed by atoms with Gasteiger partial charge in [0, 0.05) is 35.4 Å². The molecular formula is C14H25N3O2S2. The topological polar surface area (TPSA) is 61.4 Å². The number of likely N-dealkylation sites (N-methyl/N-ethyl adjacent to an activating group) is 1. The number of nitrogens with one attached hydrogen (secondary N) is 2. The Morgan fingerprint density at radius 2 is 2.14 bits per heavy atom. The normalized spacial score (nSPS) is 20.8.